The highest BCUT2D eigenvalue weighted by molar-refractivity contribution is 5.43. The zero-order valence-corrected chi connectivity index (χ0v) is 15.3. The lowest BCUT2D eigenvalue weighted by molar-refractivity contribution is 0.284. The van der Waals surface area contributed by atoms with Crippen molar-refractivity contribution >= 4 is 0 Å². The van der Waals surface area contributed by atoms with Crippen LogP contribution in [0.1, 0.15) is 43.9 Å². The Morgan fingerprint density at radius 2 is 1.58 bits per heavy atom. The number of methoxy groups -OCH3 is 1. The molecule has 0 saturated carbocycles. The van der Waals surface area contributed by atoms with Gasteiger partial charge in [0, 0.05) is 0 Å². The smallest absolute Gasteiger partial charge is 0.161 e. The van der Waals surface area contributed by atoms with Gasteiger partial charge in [-0.25, -0.2) is 0 Å². The van der Waals surface area contributed by atoms with Crippen LogP contribution in [0, 0.1) is 0 Å². The van der Waals surface area contributed by atoms with Gasteiger partial charge in [-0.3, -0.25) is 0 Å². The van der Waals surface area contributed by atoms with Crippen molar-refractivity contribution in [3.8, 4) is 11.5 Å². The summed E-state index contributed by atoms with van der Waals surface area (Å²) in [5, 5.41) is 0. The van der Waals surface area contributed by atoms with E-state index in [9.17, 15) is 0 Å². The Hall–Kier alpha value is -2.00. The summed E-state index contributed by atoms with van der Waals surface area (Å²) in [5.74, 6) is 1.55. The van der Waals surface area contributed by atoms with Gasteiger partial charge in [-0.2, -0.15) is 0 Å². The average molecular weight is 327 g/mol. The Labute approximate surface area is 145 Å². The highest BCUT2D eigenvalue weighted by Gasteiger charge is 2.13. The van der Waals surface area contributed by atoms with Crippen LogP contribution >= 0.6 is 0 Å². The molecular weight excluding hydrogens is 298 g/mol. The van der Waals surface area contributed by atoms with Crippen molar-refractivity contribution in [1.29, 1.82) is 0 Å². The van der Waals surface area contributed by atoms with Crippen molar-refractivity contribution in [3.05, 3.63) is 59.2 Å². The standard InChI is InChI=1S/C21H29NO2/c1-21(2,3)18-10-7-17(8-11-18)15-24-19-12-9-16(6-5-13-22)14-20(19)23-4/h7-12,14H,5-6,13,15,22H2,1-4H3. The van der Waals surface area contributed by atoms with Crippen LogP contribution in [0.25, 0.3) is 0 Å². The van der Waals surface area contributed by atoms with Crippen LogP contribution in [0.3, 0.4) is 0 Å². The summed E-state index contributed by atoms with van der Waals surface area (Å²) in [6, 6.07) is 14.7. The third-order valence-corrected chi connectivity index (χ3v) is 4.11. The number of benzene rings is 2. The Balaban J connectivity index is 2.03. The largest absolute Gasteiger partial charge is 0.493 e. The molecule has 0 fully saturated rings. The van der Waals surface area contributed by atoms with Crippen molar-refractivity contribution in [1.82, 2.24) is 0 Å². The Morgan fingerprint density at radius 1 is 0.917 bits per heavy atom. The van der Waals surface area contributed by atoms with Crippen LogP contribution in [0.4, 0.5) is 0 Å². The number of aryl methyl sites for hydroxylation is 1. The lowest BCUT2D eigenvalue weighted by Gasteiger charge is -2.19. The second-order valence-corrected chi connectivity index (χ2v) is 7.11. The van der Waals surface area contributed by atoms with Gasteiger partial charge in [0.2, 0.25) is 0 Å². The third-order valence-electron chi connectivity index (χ3n) is 4.11. The zero-order valence-electron chi connectivity index (χ0n) is 15.3. The van der Waals surface area contributed by atoms with E-state index in [1.54, 1.807) is 7.11 Å². The molecule has 2 N–H and O–H groups in total. The Bertz CT molecular complexity index is 642. The minimum atomic E-state index is 0.169. The van der Waals surface area contributed by atoms with E-state index in [1.807, 2.05) is 12.1 Å². The molecule has 0 radical (unpaired) electrons. The minimum Gasteiger partial charge on any atom is -0.493 e. The molecule has 2 aromatic rings. The van der Waals surface area contributed by atoms with Crippen LogP contribution in [-0.2, 0) is 18.4 Å². The predicted octanol–water partition coefficient (Wildman–Crippen LogP) is 4.46. The van der Waals surface area contributed by atoms with E-state index >= 15 is 0 Å². The molecule has 2 aromatic carbocycles. The summed E-state index contributed by atoms with van der Waals surface area (Å²) < 4.78 is 11.4. The van der Waals surface area contributed by atoms with Crippen molar-refractivity contribution in [2.75, 3.05) is 13.7 Å². The fraction of sp³-hybridized carbons (Fsp3) is 0.429. The zero-order chi connectivity index (χ0) is 17.6. The predicted molar refractivity (Wildman–Crippen MR) is 99.8 cm³/mol. The van der Waals surface area contributed by atoms with Gasteiger partial charge in [0.25, 0.3) is 0 Å². The quantitative estimate of drug-likeness (QED) is 0.816. The molecule has 0 aromatic heterocycles. The summed E-state index contributed by atoms with van der Waals surface area (Å²) in [6.45, 7) is 7.88. The van der Waals surface area contributed by atoms with Crippen LogP contribution in [0.15, 0.2) is 42.5 Å². The summed E-state index contributed by atoms with van der Waals surface area (Å²) in [4.78, 5) is 0. The van der Waals surface area contributed by atoms with Gasteiger partial charge in [0.05, 0.1) is 7.11 Å². The fourth-order valence-electron chi connectivity index (χ4n) is 2.55. The second-order valence-electron chi connectivity index (χ2n) is 7.11. The molecule has 0 heterocycles. The molecule has 2 rings (SSSR count). The maximum absolute atomic E-state index is 5.95. The molecule has 0 aliphatic rings. The second kappa shape index (κ2) is 8.20. The molecule has 24 heavy (non-hydrogen) atoms. The summed E-state index contributed by atoms with van der Waals surface area (Å²) in [7, 11) is 1.67. The van der Waals surface area contributed by atoms with E-state index in [0.29, 0.717) is 13.2 Å². The van der Waals surface area contributed by atoms with Gasteiger partial charge < -0.3 is 15.2 Å². The van der Waals surface area contributed by atoms with E-state index in [2.05, 4.69) is 51.1 Å². The molecule has 0 saturated heterocycles. The van der Waals surface area contributed by atoms with E-state index in [1.165, 1.54) is 11.1 Å². The number of hydrogen-bond acceptors (Lipinski definition) is 3. The molecular formula is C21H29NO2. The molecule has 0 atom stereocenters. The van der Waals surface area contributed by atoms with E-state index in [4.69, 9.17) is 15.2 Å². The Kier molecular flexibility index (Phi) is 6.27. The number of hydrogen-bond donors (Lipinski definition) is 1. The van der Waals surface area contributed by atoms with E-state index in [0.717, 1.165) is 29.9 Å². The molecule has 0 spiro atoms. The van der Waals surface area contributed by atoms with Crippen LogP contribution in [0.5, 0.6) is 11.5 Å². The number of rotatable bonds is 7. The van der Waals surface area contributed by atoms with Crippen LogP contribution in [0.2, 0.25) is 0 Å². The van der Waals surface area contributed by atoms with Crippen LogP contribution in [-0.4, -0.2) is 13.7 Å². The van der Waals surface area contributed by atoms with Crippen molar-refractivity contribution in [2.24, 2.45) is 5.73 Å². The van der Waals surface area contributed by atoms with Crippen molar-refractivity contribution in [3.63, 3.8) is 0 Å². The first kappa shape index (κ1) is 18.3. The highest BCUT2D eigenvalue weighted by atomic mass is 16.5. The summed E-state index contributed by atoms with van der Waals surface area (Å²) in [5.41, 5.74) is 9.44. The van der Waals surface area contributed by atoms with E-state index < -0.39 is 0 Å². The minimum absolute atomic E-state index is 0.169. The SMILES string of the molecule is COc1cc(CCCN)ccc1OCc1ccc(C(C)(C)C)cc1. The average Bonchev–Trinajstić information content (AvgIpc) is 2.58. The first-order chi connectivity index (χ1) is 11.4. The molecule has 0 bridgehead atoms. The van der Waals surface area contributed by atoms with Gasteiger partial charge in [-0.15, -0.1) is 0 Å². The van der Waals surface area contributed by atoms with E-state index in [-0.39, 0.29) is 5.41 Å². The van der Waals surface area contributed by atoms with Gasteiger partial charge >= 0.3 is 0 Å². The lowest BCUT2D eigenvalue weighted by atomic mass is 9.87. The maximum Gasteiger partial charge on any atom is 0.161 e. The number of nitrogens with two attached hydrogens (primary N) is 1. The molecule has 3 nitrogen and oxygen atoms in total. The molecule has 3 heteroatoms. The highest BCUT2D eigenvalue weighted by Crippen LogP contribution is 2.29. The molecule has 0 amide bonds. The molecule has 0 unspecified atom stereocenters. The molecule has 130 valence electrons. The maximum atomic E-state index is 5.95. The topological polar surface area (TPSA) is 44.5 Å². The van der Waals surface area contributed by atoms with Gasteiger partial charge in [-0.1, -0.05) is 51.1 Å². The first-order valence-electron chi connectivity index (χ1n) is 8.53. The monoisotopic (exact) mass is 327 g/mol. The van der Waals surface area contributed by atoms with Gasteiger partial charge in [0.1, 0.15) is 6.61 Å². The van der Waals surface area contributed by atoms with Crippen molar-refractivity contribution in [2.45, 2.75) is 45.6 Å². The third kappa shape index (κ3) is 5.00. The van der Waals surface area contributed by atoms with Crippen LogP contribution < -0.4 is 15.2 Å². The molecule has 0 aliphatic carbocycles. The summed E-state index contributed by atoms with van der Waals surface area (Å²) in [6.07, 6.45) is 1.94. The summed E-state index contributed by atoms with van der Waals surface area (Å²) >= 11 is 0. The first-order valence-corrected chi connectivity index (χ1v) is 8.53. The molecule has 0 aliphatic heterocycles. The normalized spacial score (nSPS) is 11.4. The Morgan fingerprint density at radius 3 is 2.17 bits per heavy atom. The lowest BCUT2D eigenvalue weighted by Crippen LogP contribution is -2.10. The van der Waals surface area contributed by atoms with Gasteiger partial charge in [0.15, 0.2) is 11.5 Å². The van der Waals surface area contributed by atoms with Gasteiger partial charge in [-0.05, 0) is 53.6 Å². The van der Waals surface area contributed by atoms with Crippen molar-refractivity contribution < 1.29 is 9.47 Å². The number of ether oxygens (including phenoxy) is 2. The fourth-order valence-corrected chi connectivity index (χ4v) is 2.55.